The van der Waals surface area contributed by atoms with E-state index in [1.54, 1.807) is 34.8 Å². The Morgan fingerprint density at radius 3 is 2.69 bits per heavy atom. The zero-order valence-corrected chi connectivity index (χ0v) is 19.8. The summed E-state index contributed by atoms with van der Waals surface area (Å²) in [5.41, 5.74) is 1.68. The summed E-state index contributed by atoms with van der Waals surface area (Å²) in [6.07, 6.45) is 2.59. The van der Waals surface area contributed by atoms with Crippen molar-refractivity contribution in [2.24, 2.45) is 0 Å². The van der Waals surface area contributed by atoms with E-state index in [1.807, 2.05) is 16.3 Å². The third kappa shape index (κ3) is 4.27. The van der Waals surface area contributed by atoms with Crippen molar-refractivity contribution >= 4 is 38.6 Å². The van der Waals surface area contributed by atoms with Gasteiger partial charge in [-0.3, -0.25) is 4.79 Å². The zero-order chi connectivity index (χ0) is 22.1. The molecule has 168 valence electrons. The maximum Gasteiger partial charge on any atom is 0.254 e. The molecule has 9 heteroatoms. The van der Waals surface area contributed by atoms with Gasteiger partial charge in [-0.05, 0) is 72.0 Å². The Kier molecular flexibility index (Phi) is 6.18. The second-order valence-electron chi connectivity index (χ2n) is 7.98. The Balaban J connectivity index is 1.35. The molecule has 2 aromatic heterocycles. The largest absolute Gasteiger partial charge is 0.377 e. The molecule has 3 aromatic rings. The Morgan fingerprint density at radius 1 is 1.12 bits per heavy atom. The number of carbonyl (C=O) groups is 1. The molecule has 4 heterocycles. The fraction of sp³-hybridized carbons (Fsp3) is 0.348. The van der Waals surface area contributed by atoms with Gasteiger partial charge in [0.1, 0.15) is 0 Å². The summed E-state index contributed by atoms with van der Waals surface area (Å²) in [5.74, 6) is -0.0866. The summed E-state index contributed by atoms with van der Waals surface area (Å²) in [4.78, 5) is 18.0. The van der Waals surface area contributed by atoms with Gasteiger partial charge >= 0.3 is 0 Å². The molecule has 0 aliphatic carbocycles. The van der Waals surface area contributed by atoms with Crippen molar-refractivity contribution in [1.82, 2.24) is 9.62 Å². The first-order valence-electron chi connectivity index (χ1n) is 10.6. The van der Waals surface area contributed by atoms with Crippen LogP contribution >= 0.6 is 22.7 Å². The summed E-state index contributed by atoms with van der Waals surface area (Å²) in [5, 5.41) is 4.12. The SMILES string of the molecule is O=C(c1ccc(S(=O)(=O)NC[C@@H]2CCCO2)cc1)N1CCc2sccc2[C@H]1c1cccs1. The van der Waals surface area contributed by atoms with E-state index in [0.717, 1.165) is 24.1 Å². The van der Waals surface area contributed by atoms with Gasteiger partial charge in [-0.1, -0.05) is 6.07 Å². The van der Waals surface area contributed by atoms with E-state index in [0.29, 0.717) is 18.7 Å². The third-order valence-electron chi connectivity index (χ3n) is 5.98. The fourth-order valence-corrected chi connectivity index (χ4v) is 7.15. The summed E-state index contributed by atoms with van der Waals surface area (Å²) < 4.78 is 33.4. The first-order valence-corrected chi connectivity index (χ1v) is 13.9. The minimum atomic E-state index is -3.65. The molecule has 0 unspecified atom stereocenters. The summed E-state index contributed by atoms with van der Waals surface area (Å²) >= 11 is 3.39. The first-order chi connectivity index (χ1) is 15.5. The number of amides is 1. The molecule has 1 saturated heterocycles. The maximum atomic E-state index is 13.5. The van der Waals surface area contributed by atoms with Gasteiger partial charge in [0.15, 0.2) is 0 Å². The van der Waals surface area contributed by atoms with Crippen LogP contribution in [0.25, 0.3) is 0 Å². The van der Waals surface area contributed by atoms with Crippen LogP contribution in [0.1, 0.15) is 44.6 Å². The van der Waals surface area contributed by atoms with Gasteiger partial charge < -0.3 is 9.64 Å². The number of nitrogens with one attached hydrogen (secondary N) is 1. The van der Waals surface area contributed by atoms with Crippen LogP contribution in [0.3, 0.4) is 0 Å². The number of hydrogen-bond acceptors (Lipinski definition) is 6. The number of benzene rings is 1. The van der Waals surface area contributed by atoms with Crippen LogP contribution in [0.15, 0.2) is 58.1 Å². The average molecular weight is 489 g/mol. The van der Waals surface area contributed by atoms with Crippen LogP contribution in [0.2, 0.25) is 0 Å². The van der Waals surface area contributed by atoms with E-state index in [4.69, 9.17) is 4.74 Å². The molecule has 0 saturated carbocycles. The number of carbonyl (C=O) groups excluding carboxylic acids is 1. The van der Waals surface area contributed by atoms with E-state index in [-0.39, 0.29) is 29.5 Å². The second-order valence-corrected chi connectivity index (χ2v) is 11.7. The molecular weight excluding hydrogens is 464 g/mol. The highest BCUT2D eigenvalue weighted by Gasteiger charge is 2.34. The highest BCUT2D eigenvalue weighted by atomic mass is 32.2. The number of rotatable bonds is 6. The topological polar surface area (TPSA) is 75.7 Å². The van der Waals surface area contributed by atoms with E-state index < -0.39 is 10.0 Å². The average Bonchev–Trinajstić information content (AvgIpc) is 3.59. The highest BCUT2D eigenvalue weighted by Crippen LogP contribution is 2.40. The lowest BCUT2D eigenvalue weighted by atomic mass is 9.97. The molecule has 6 nitrogen and oxygen atoms in total. The monoisotopic (exact) mass is 488 g/mol. The van der Waals surface area contributed by atoms with E-state index >= 15 is 0 Å². The third-order valence-corrected chi connectivity index (χ3v) is 9.34. The van der Waals surface area contributed by atoms with Crippen molar-refractivity contribution in [2.45, 2.75) is 36.3 Å². The van der Waals surface area contributed by atoms with Crippen LogP contribution in [-0.4, -0.2) is 45.0 Å². The van der Waals surface area contributed by atoms with Crippen LogP contribution < -0.4 is 4.72 Å². The number of nitrogens with zero attached hydrogens (tertiary/aromatic N) is 1. The van der Waals surface area contributed by atoms with E-state index in [9.17, 15) is 13.2 Å². The minimum absolute atomic E-state index is 0.0686. The fourth-order valence-electron chi connectivity index (χ4n) is 4.32. The van der Waals surface area contributed by atoms with Crippen molar-refractivity contribution < 1.29 is 17.9 Å². The van der Waals surface area contributed by atoms with Crippen LogP contribution in [0.5, 0.6) is 0 Å². The Morgan fingerprint density at radius 2 is 1.97 bits per heavy atom. The van der Waals surface area contributed by atoms with Crippen LogP contribution in [0, 0.1) is 0 Å². The molecule has 1 aromatic carbocycles. The Bertz CT molecular complexity index is 1180. The van der Waals surface area contributed by atoms with Gasteiger partial charge in [0, 0.05) is 35.0 Å². The molecule has 5 rings (SSSR count). The second kappa shape index (κ2) is 9.07. The number of sulfonamides is 1. The van der Waals surface area contributed by atoms with Gasteiger partial charge in [0.2, 0.25) is 10.0 Å². The van der Waals surface area contributed by atoms with E-state index in [1.165, 1.54) is 22.6 Å². The number of fused-ring (bicyclic) bond motifs is 1. The molecule has 0 spiro atoms. The number of thiophene rings is 2. The molecule has 2 atom stereocenters. The molecule has 32 heavy (non-hydrogen) atoms. The first kappa shape index (κ1) is 21.8. The lowest BCUT2D eigenvalue weighted by molar-refractivity contribution is 0.0698. The predicted molar refractivity (Wildman–Crippen MR) is 126 cm³/mol. The zero-order valence-electron chi connectivity index (χ0n) is 17.4. The molecule has 1 fully saturated rings. The van der Waals surface area contributed by atoms with E-state index in [2.05, 4.69) is 22.2 Å². The molecule has 2 aliphatic rings. The molecule has 1 N–H and O–H groups in total. The maximum absolute atomic E-state index is 13.5. The lowest BCUT2D eigenvalue weighted by Crippen LogP contribution is -2.39. The van der Waals surface area contributed by atoms with Gasteiger partial charge in [-0.2, -0.15) is 0 Å². The van der Waals surface area contributed by atoms with Gasteiger partial charge in [0.05, 0.1) is 17.0 Å². The smallest absolute Gasteiger partial charge is 0.254 e. The summed E-state index contributed by atoms with van der Waals surface area (Å²) in [6.45, 7) is 1.58. The number of ether oxygens (including phenoxy) is 1. The Labute approximate surface area is 195 Å². The van der Waals surface area contributed by atoms with Crippen molar-refractivity contribution in [3.05, 3.63) is 74.1 Å². The van der Waals surface area contributed by atoms with Crippen molar-refractivity contribution in [2.75, 3.05) is 19.7 Å². The van der Waals surface area contributed by atoms with Crippen molar-refractivity contribution in [3.63, 3.8) is 0 Å². The van der Waals surface area contributed by atoms with Crippen molar-refractivity contribution in [1.29, 1.82) is 0 Å². The van der Waals surface area contributed by atoms with Gasteiger partial charge in [-0.25, -0.2) is 13.1 Å². The summed E-state index contributed by atoms with van der Waals surface area (Å²) in [6, 6.07) is 12.3. The molecule has 0 radical (unpaired) electrons. The summed E-state index contributed by atoms with van der Waals surface area (Å²) in [7, 11) is -3.65. The predicted octanol–water partition coefficient (Wildman–Crippen LogP) is 4.05. The molecule has 1 amide bonds. The van der Waals surface area contributed by atoms with Crippen LogP contribution in [-0.2, 0) is 21.2 Å². The normalized spacial score (nSPS) is 20.9. The van der Waals surface area contributed by atoms with Crippen molar-refractivity contribution in [3.8, 4) is 0 Å². The number of hydrogen-bond donors (Lipinski definition) is 1. The minimum Gasteiger partial charge on any atom is -0.377 e. The molecule has 2 aliphatic heterocycles. The standard InChI is InChI=1S/C23H24N2O4S3/c26-23(25-11-9-20-19(10-14-31-20)22(25)21-4-2-13-30-21)16-5-7-18(8-6-16)32(27,28)24-15-17-3-1-12-29-17/h2,4-8,10,13-14,17,22,24H,1,3,9,11-12,15H2/t17-,22-/m0/s1. The van der Waals surface area contributed by atoms with Gasteiger partial charge in [0.25, 0.3) is 5.91 Å². The van der Waals surface area contributed by atoms with Crippen LogP contribution in [0.4, 0.5) is 0 Å². The molecular formula is C23H24N2O4S3. The van der Waals surface area contributed by atoms with Gasteiger partial charge in [-0.15, -0.1) is 22.7 Å². The molecule has 0 bridgehead atoms. The lowest BCUT2D eigenvalue weighted by Gasteiger charge is -2.35. The highest BCUT2D eigenvalue weighted by molar-refractivity contribution is 7.89. The Hall–Kier alpha value is -2.04. The quantitative estimate of drug-likeness (QED) is 0.568.